The van der Waals surface area contributed by atoms with Crippen molar-refractivity contribution in [2.24, 2.45) is 17.8 Å². The van der Waals surface area contributed by atoms with Gasteiger partial charge in [-0.3, -0.25) is 9.80 Å². The monoisotopic (exact) mass is 2070 g/mol. The van der Waals surface area contributed by atoms with E-state index in [0.717, 1.165) is 44.9 Å². The van der Waals surface area contributed by atoms with Gasteiger partial charge in [-0.25, -0.2) is 19.2 Å². The molecule has 5 aliphatic heterocycles. The minimum Gasteiger partial charge on any atom is -0.497 e. The summed E-state index contributed by atoms with van der Waals surface area (Å²) in [5.74, 6) is 6.24. The van der Waals surface area contributed by atoms with Crippen LogP contribution in [0.4, 0.5) is 34.1 Å². The molecule has 0 saturated carbocycles. The molecule has 0 spiro atoms. The maximum absolute atomic E-state index is 13.3. The number of carbonyl (C=O) groups excluding carboxylic acids is 4. The number of fused-ring (bicyclic) bond motifs is 2. The number of cyclic esters (lactones) is 2. The number of nitrogens with zero attached hydrogens (tertiary/aromatic N) is 2. The van der Waals surface area contributed by atoms with Gasteiger partial charge in [0.2, 0.25) is 11.6 Å². The van der Waals surface area contributed by atoms with E-state index in [1.807, 2.05) is 159 Å². The van der Waals surface area contributed by atoms with Crippen molar-refractivity contribution < 1.29 is 145 Å². The van der Waals surface area contributed by atoms with Gasteiger partial charge in [-0.2, -0.15) is 21.6 Å². The Kier molecular flexibility index (Phi) is 42.9. The van der Waals surface area contributed by atoms with E-state index < -0.39 is 130 Å². The molecule has 802 valence electrons. The lowest BCUT2D eigenvalue weighted by molar-refractivity contribution is -0.156. The highest BCUT2D eigenvalue weighted by Gasteiger charge is 2.52. The zero-order valence-electron chi connectivity index (χ0n) is 90.1. The molecule has 5 heterocycles. The Morgan fingerprint density at radius 1 is 0.483 bits per heavy atom. The normalized spacial score (nSPS) is 21.1. The average molecular weight is 2070 g/mol. The summed E-state index contributed by atoms with van der Waals surface area (Å²) >= 11 is 0. The lowest BCUT2D eigenvalue weighted by Crippen LogP contribution is -2.44. The number of carbonyl (C=O) groups is 4. The third-order valence-corrected chi connectivity index (χ3v) is 29.4. The zero-order valence-corrected chi connectivity index (χ0v) is 91.9. The van der Waals surface area contributed by atoms with Crippen LogP contribution in [0, 0.1) is 54.3 Å². The van der Waals surface area contributed by atoms with E-state index in [2.05, 4.69) is 87.7 Å². The van der Waals surface area contributed by atoms with Crippen LogP contribution in [-0.4, -0.2) is 204 Å². The van der Waals surface area contributed by atoms with Crippen molar-refractivity contribution in [1.82, 2.24) is 0 Å². The largest absolute Gasteiger partial charge is 0.534 e. The van der Waals surface area contributed by atoms with Gasteiger partial charge in [-0.1, -0.05) is 126 Å². The molecule has 30 nitrogen and oxygen atoms in total. The Hall–Kier alpha value is -10.2. The van der Waals surface area contributed by atoms with Gasteiger partial charge in [0, 0.05) is 89.9 Å². The Morgan fingerprint density at radius 3 is 1.13 bits per heavy atom. The first-order chi connectivity index (χ1) is 67.1. The Bertz CT molecular complexity index is 5480. The third kappa shape index (κ3) is 36.6. The minimum atomic E-state index is -6.13. The van der Waals surface area contributed by atoms with Crippen LogP contribution in [0.3, 0.4) is 0 Å². The number of hydrogen-bond acceptors (Lipinski definition) is 28. The van der Waals surface area contributed by atoms with Gasteiger partial charge >= 0.3 is 39.8 Å². The number of methoxy groups -OCH3 is 3. The Balaban J connectivity index is 0.000000270. The van der Waals surface area contributed by atoms with Crippen molar-refractivity contribution in [3.8, 4) is 71.0 Å². The smallest absolute Gasteiger partial charge is 0.497 e. The first kappa shape index (κ1) is 122. The van der Waals surface area contributed by atoms with Crippen molar-refractivity contribution >= 4 is 53.9 Å². The lowest BCUT2D eigenvalue weighted by Gasteiger charge is -2.39. The van der Waals surface area contributed by atoms with Crippen LogP contribution in [0.15, 0.2) is 134 Å². The van der Waals surface area contributed by atoms with Gasteiger partial charge in [0.25, 0.3) is 0 Å². The van der Waals surface area contributed by atoms with Gasteiger partial charge in [0.15, 0.2) is 31.4 Å². The molecule has 0 bridgehead atoms. The topological polar surface area (TPSA) is 334 Å². The van der Waals surface area contributed by atoms with Crippen LogP contribution in [0.5, 0.6) is 34.5 Å². The predicted octanol–water partition coefficient (Wildman–Crippen LogP) is 21.5. The maximum Gasteiger partial charge on any atom is 0.534 e. The second-order valence-electron chi connectivity index (χ2n) is 41.8. The van der Waals surface area contributed by atoms with Crippen molar-refractivity contribution in [1.29, 1.82) is 0 Å². The summed E-state index contributed by atoms with van der Waals surface area (Å²) in [5, 5.41) is 20.1. The number of alkyl halides is 3. The highest BCUT2D eigenvalue weighted by Crippen LogP contribution is 2.46. The summed E-state index contributed by atoms with van der Waals surface area (Å²) in [7, 11) is -3.08. The van der Waals surface area contributed by atoms with Crippen LogP contribution in [0.25, 0.3) is 0 Å². The minimum absolute atomic E-state index is 0.00602. The third-order valence-electron chi connectivity index (χ3n) is 23.9. The van der Waals surface area contributed by atoms with Crippen molar-refractivity contribution in [3.63, 3.8) is 0 Å². The molecule has 0 aliphatic carbocycles. The van der Waals surface area contributed by atoms with E-state index in [-0.39, 0.29) is 101 Å². The van der Waals surface area contributed by atoms with E-state index in [9.17, 15) is 51.0 Å². The summed E-state index contributed by atoms with van der Waals surface area (Å²) < 4.78 is 178. The number of halogens is 3. The van der Waals surface area contributed by atoms with Gasteiger partial charge in [-0.05, 0) is 213 Å². The van der Waals surface area contributed by atoms with E-state index >= 15 is 0 Å². The fraction of sp³-hybridized carbons (Fsp3) is 0.582. The van der Waals surface area contributed by atoms with Gasteiger partial charge in [-0.15, -0.1) is 24.7 Å². The van der Waals surface area contributed by atoms with E-state index in [0.29, 0.717) is 50.5 Å². The predicted molar refractivity (Wildman–Crippen MR) is 548 cm³/mol. The first-order valence-corrected chi connectivity index (χ1v) is 52.9. The number of terminal acetylenes is 2. The molecule has 2 amide bonds. The molecule has 0 radical (unpaired) electrons. The second-order valence-corrected chi connectivity index (χ2v) is 48.1. The summed E-state index contributed by atoms with van der Waals surface area (Å²) in [6.07, 6.45) is 18.5. The van der Waals surface area contributed by atoms with Gasteiger partial charge < -0.3 is 104 Å². The molecule has 0 aromatic heterocycles. The molecular weight excluding hydrogens is 1910 g/mol. The molecule has 5 aromatic carbocycles. The maximum atomic E-state index is 13.3. The summed E-state index contributed by atoms with van der Waals surface area (Å²) in [5.41, 5.74) is -4.16. The standard InChI is InChI=1S/C40H53NO10.C29H46O5Si.C23H32O5.C18H22F3NO8S/c1-12-41(37(44)51-38(4,5)6)29-22-28(34-33(23-29)48-40(9,10)50-36(34)43)14-13-15-32-35(49-39(7,8)47-32)31(21-16-25(2)26(3)42)46-24-27-17-19-30(45-11)20-18-27;1-12-13-26-27(33-29(7,8)32-26)25(31-20-23-15-17-24(30-9)18-16-23)19-14-21(2)22(3)34-35(10,11)28(4,5)6;1-7-8-21-22(28-23(4,5)27-21)20(14-9-16(2)17(3)24)26-15-18-10-12-19(25-6)13-11-18;1-7-22(15(24)29-16(2,3)4)10-8-11-13(14(23)28-17(5,6)27-11)12(9-10)30-31(25,26)18(19,20)21/h16-23,25-26,31-32,35,42H,12,15,24H2,1-11H3;1,14-19,21-22,25-27H,13,20H2,2-11H3;1,9-14,16-17,20-22,24H,8,15H2,2-6H3;8-9H,7H2,1-6H3/b21-16-;19-14-;14-9-;/t25-,26+,31-,32+,35-;21-,22-,25-,26+,27-;16-,17+,20-,21+,22-;/m111./s1. The average Bonchev–Trinajstić information content (AvgIpc) is 1.72. The van der Waals surface area contributed by atoms with Crippen LogP contribution in [-0.2, 0) is 95.9 Å². The van der Waals surface area contributed by atoms with Crippen molar-refractivity contribution in [3.05, 3.63) is 167 Å². The first-order valence-electron chi connectivity index (χ1n) is 48.6. The number of aliphatic hydroxyl groups is 2. The molecular formula is C110H153F3N2O28SSi. The fourth-order valence-corrected chi connectivity index (χ4v) is 16.9. The number of benzene rings is 5. The number of hydrogen-bond donors (Lipinski definition) is 2. The Labute approximate surface area is 857 Å². The molecule has 10 rings (SSSR count). The number of rotatable bonds is 35. The van der Waals surface area contributed by atoms with Crippen molar-refractivity contribution in [2.45, 2.75) is 363 Å². The molecule has 2 N–H and O–H groups in total. The van der Waals surface area contributed by atoms with E-state index in [1.54, 1.807) is 110 Å². The lowest BCUT2D eigenvalue weighted by atomic mass is 10.00. The number of anilines is 2. The molecule has 35 heteroatoms. The number of aliphatic hydroxyl groups excluding tert-OH is 2. The number of ether oxygens (including phenoxy) is 18. The van der Waals surface area contributed by atoms with Crippen LogP contribution >= 0.6 is 0 Å². The van der Waals surface area contributed by atoms with Crippen molar-refractivity contribution in [2.75, 3.05) is 44.2 Å². The van der Waals surface area contributed by atoms with Crippen LogP contribution in [0.1, 0.15) is 249 Å². The number of esters is 2. The molecule has 3 saturated heterocycles. The van der Waals surface area contributed by atoms with E-state index in [1.165, 1.54) is 24.8 Å². The summed E-state index contributed by atoms with van der Waals surface area (Å²) in [6, 6.07) is 28.5. The summed E-state index contributed by atoms with van der Waals surface area (Å²) in [6.45, 7) is 55.4. The summed E-state index contributed by atoms with van der Waals surface area (Å²) in [4.78, 5) is 53.8. The number of amides is 2. The van der Waals surface area contributed by atoms with Gasteiger partial charge in [0.1, 0.15) is 106 Å². The quantitative estimate of drug-likeness (QED) is 0.00724. The Morgan fingerprint density at radius 2 is 0.814 bits per heavy atom. The molecule has 145 heavy (non-hydrogen) atoms. The molecule has 15 atom stereocenters. The van der Waals surface area contributed by atoms with Crippen LogP contribution < -0.4 is 37.7 Å². The second kappa shape index (κ2) is 51.1. The molecule has 0 unspecified atom stereocenters. The molecule has 5 aliphatic rings. The molecule has 3 fully saturated rings. The highest BCUT2D eigenvalue weighted by atomic mass is 32.2. The highest BCUT2D eigenvalue weighted by molar-refractivity contribution is 7.88. The van der Waals surface area contributed by atoms with E-state index in [4.69, 9.17) is 103 Å². The van der Waals surface area contributed by atoms with Crippen LogP contribution in [0.2, 0.25) is 18.1 Å². The molecule has 5 aromatic rings. The fourth-order valence-electron chi connectivity index (χ4n) is 15.0. The SMILES string of the molecule is C#CC[C@@H]1OC(C)(C)O[C@@H]1[C@@H](/C=C\[C@@H](C)[C@@H](C)O[Si](C)(C)C(C)(C)C)OCc1ccc(OC)cc1.C#CC[C@@H]1OC(C)(C)O[C@@H]1[C@@H](/C=C\[C@@H](C)[C@H](C)O)OCc1ccc(OC)cc1.CCN(C(=O)OC(C)(C)C)c1cc(C#CC[C@@H]2OC(C)(C)O[C@@H]2[C@@H](/C=C\[C@@H](C)[C@H](C)O)OCc2ccc(OC)cc2)c2c(c1)OC(C)(C)OC2=O.CCN(C(=O)OC(C)(C)C)c1cc2c(c(OS(=O)(=O)C(F)(F)F)c1)C(=O)OC(C)(C)O2. The van der Waals surface area contributed by atoms with Gasteiger partial charge in [0.05, 0.1) is 64.7 Å². The zero-order chi connectivity index (χ0) is 109.